The SMILES string of the molecule is COc1cc(C)c(S(=O)(=O)N(C)CCOc2nccc(N3CCC4(CC3)C(=O)N(C)CC4c3ccc(F)cc3)n2)c(C)c1. The lowest BCUT2D eigenvalue weighted by molar-refractivity contribution is -0.136. The molecule has 10 nitrogen and oxygen atoms in total. The summed E-state index contributed by atoms with van der Waals surface area (Å²) in [5, 5.41) is 0. The van der Waals surface area contributed by atoms with E-state index >= 15 is 0 Å². The quantitative estimate of drug-likeness (QED) is 0.360. The minimum atomic E-state index is -3.75. The van der Waals surface area contributed by atoms with Crippen molar-refractivity contribution < 1.29 is 27.1 Å². The van der Waals surface area contributed by atoms with Crippen molar-refractivity contribution in [3.8, 4) is 11.8 Å². The van der Waals surface area contributed by atoms with Gasteiger partial charge in [0.1, 0.15) is 24.0 Å². The Kier molecular flexibility index (Phi) is 8.62. The van der Waals surface area contributed by atoms with Crippen LogP contribution in [0.2, 0.25) is 0 Å². The van der Waals surface area contributed by atoms with Crippen molar-refractivity contribution in [2.24, 2.45) is 5.41 Å². The molecule has 0 radical (unpaired) electrons. The standard InChI is InChI=1S/C31H38FN5O5S/c1-21-18-25(41-5)19-22(2)28(21)43(39,40)36(4)16-17-42-30-33-13-10-27(34-30)37-14-11-31(12-15-37)26(20-35(3)29(31)38)23-6-8-24(32)9-7-23/h6-10,13,18-19,26H,11-12,14-17,20H2,1-5H3. The maximum Gasteiger partial charge on any atom is 0.318 e. The number of likely N-dealkylation sites (N-methyl/N-ethyl adjacent to an activating group) is 2. The van der Waals surface area contributed by atoms with Crippen molar-refractivity contribution >= 4 is 21.7 Å². The minimum absolute atomic E-state index is 0.00389. The van der Waals surface area contributed by atoms with Crippen LogP contribution in [0.1, 0.15) is 35.4 Å². The molecule has 1 aromatic heterocycles. The summed E-state index contributed by atoms with van der Waals surface area (Å²) in [4.78, 5) is 26.3. The molecule has 1 amide bonds. The van der Waals surface area contributed by atoms with Gasteiger partial charge in [0.25, 0.3) is 0 Å². The van der Waals surface area contributed by atoms with Gasteiger partial charge in [-0.25, -0.2) is 17.8 Å². The first kappa shape index (κ1) is 30.7. The van der Waals surface area contributed by atoms with Crippen molar-refractivity contribution in [1.82, 2.24) is 19.2 Å². The molecule has 3 heterocycles. The van der Waals surface area contributed by atoms with E-state index < -0.39 is 15.4 Å². The van der Waals surface area contributed by atoms with E-state index in [1.807, 2.05) is 7.05 Å². The molecule has 5 rings (SSSR count). The highest BCUT2D eigenvalue weighted by atomic mass is 32.2. The molecule has 0 bridgehead atoms. The number of piperidine rings is 1. The Bertz CT molecular complexity index is 1570. The minimum Gasteiger partial charge on any atom is -0.497 e. The molecule has 1 atom stereocenters. The number of carbonyl (C=O) groups excluding carboxylic acids is 1. The zero-order valence-electron chi connectivity index (χ0n) is 25.2. The number of amides is 1. The van der Waals surface area contributed by atoms with E-state index in [4.69, 9.17) is 9.47 Å². The molecule has 43 heavy (non-hydrogen) atoms. The first-order valence-corrected chi connectivity index (χ1v) is 15.7. The van der Waals surface area contributed by atoms with Crippen LogP contribution in [-0.2, 0) is 14.8 Å². The predicted octanol–water partition coefficient (Wildman–Crippen LogP) is 3.78. The number of benzene rings is 2. The van der Waals surface area contributed by atoms with Crippen LogP contribution < -0.4 is 14.4 Å². The third-order valence-corrected chi connectivity index (χ3v) is 10.9. The van der Waals surface area contributed by atoms with E-state index in [2.05, 4.69) is 14.9 Å². The Hall–Kier alpha value is -3.77. The Morgan fingerprint density at radius 3 is 2.37 bits per heavy atom. The number of methoxy groups -OCH3 is 1. The highest BCUT2D eigenvalue weighted by Gasteiger charge is 2.54. The molecular weight excluding hydrogens is 573 g/mol. The third kappa shape index (κ3) is 5.90. The van der Waals surface area contributed by atoms with Gasteiger partial charge in [-0.15, -0.1) is 0 Å². The number of carbonyl (C=O) groups is 1. The van der Waals surface area contributed by atoms with Crippen molar-refractivity contribution in [1.29, 1.82) is 0 Å². The van der Waals surface area contributed by atoms with E-state index in [9.17, 15) is 17.6 Å². The van der Waals surface area contributed by atoms with E-state index in [0.29, 0.717) is 55.2 Å². The molecule has 2 fully saturated rings. The zero-order chi connectivity index (χ0) is 30.9. The van der Waals surface area contributed by atoms with E-state index in [-0.39, 0.29) is 41.7 Å². The molecule has 0 N–H and O–H groups in total. The normalized spacial score (nSPS) is 18.5. The molecule has 3 aromatic rings. The first-order valence-electron chi connectivity index (χ1n) is 14.3. The average molecular weight is 612 g/mol. The Morgan fingerprint density at radius 2 is 1.74 bits per heavy atom. The zero-order valence-corrected chi connectivity index (χ0v) is 26.0. The monoisotopic (exact) mass is 611 g/mol. The summed E-state index contributed by atoms with van der Waals surface area (Å²) in [7, 11) is 1.14. The smallest absolute Gasteiger partial charge is 0.318 e. The van der Waals surface area contributed by atoms with Gasteiger partial charge in [0.2, 0.25) is 15.9 Å². The van der Waals surface area contributed by atoms with Gasteiger partial charge in [0, 0.05) is 52.4 Å². The van der Waals surface area contributed by atoms with Gasteiger partial charge >= 0.3 is 6.01 Å². The van der Waals surface area contributed by atoms with Crippen LogP contribution in [0.4, 0.5) is 10.2 Å². The van der Waals surface area contributed by atoms with Gasteiger partial charge in [-0.1, -0.05) is 12.1 Å². The molecule has 2 aliphatic rings. The Labute approximate surface area is 252 Å². The van der Waals surface area contributed by atoms with Crippen molar-refractivity contribution in [3.05, 3.63) is 71.2 Å². The summed E-state index contributed by atoms with van der Waals surface area (Å²) < 4.78 is 52.5. The lowest BCUT2D eigenvalue weighted by atomic mass is 9.68. The van der Waals surface area contributed by atoms with Crippen LogP contribution in [-0.4, -0.2) is 87.5 Å². The van der Waals surface area contributed by atoms with Crippen LogP contribution >= 0.6 is 0 Å². The molecule has 0 saturated carbocycles. The summed E-state index contributed by atoms with van der Waals surface area (Å²) in [6, 6.07) is 11.9. The largest absolute Gasteiger partial charge is 0.497 e. The summed E-state index contributed by atoms with van der Waals surface area (Å²) in [5.41, 5.74) is 1.67. The number of halogens is 1. The Morgan fingerprint density at radius 1 is 1.09 bits per heavy atom. The second-order valence-corrected chi connectivity index (χ2v) is 13.4. The summed E-state index contributed by atoms with van der Waals surface area (Å²) in [5.74, 6) is 1.13. The summed E-state index contributed by atoms with van der Waals surface area (Å²) >= 11 is 0. The first-order chi connectivity index (χ1) is 20.5. The van der Waals surface area contributed by atoms with Crippen LogP contribution in [0.15, 0.2) is 53.6 Å². The fraction of sp³-hybridized carbons (Fsp3) is 0.452. The number of nitrogens with zero attached hydrogens (tertiary/aromatic N) is 5. The number of hydrogen-bond acceptors (Lipinski definition) is 8. The fourth-order valence-electron chi connectivity index (χ4n) is 6.43. The molecule has 1 unspecified atom stereocenters. The molecule has 2 aromatic carbocycles. The average Bonchev–Trinajstić information content (AvgIpc) is 3.22. The predicted molar refractivity (Wildman–Crippen MR) is 160 cm³/mol. The molecule has 2 saturated heterocycles. The van der Waals surface area contributed by atoms with Crippen molar-refractivity contribution in [2.75, 3.05) is 58.9 Å². The van der Waals surface area contributed by atoms with Gasteiger partial charge in [-0.05, 0) is 73.7 Å². The highest BCUT2D eigenvalue weighted by molar-refractivity contribution is 7.89. The molecule has 2 aliphatic heterocycles. The molecule has 230 valence electrons. The number of likely N-dealkylation sites (tertiary alicyclic amines) is 1. The van der Waals surface area contributed by atoms with Crippen LogP contribution in [0.25, 0.3) is 0 Å². The molecule has 0 aliphatic carbocycles. The van der Waals surface area contributed by atoms with Crippen LogP contribution in [0, 0.1) is 25.1 Å². The second-order valence-electron chi connectivity index (χ2n) is 11.4. The third-order valence-electron chi connectivity index (χ3n) is 8.74. The number of ether oxygens (including phenoxy) is 2. The number of sulfonamides is 1. The van der Waals surface area contributed by atoms with E-state index in [1.165, 1.54) is 23.5 Å². The molecular formula is C31H38FN5O5S. The van der Waals surface area contributed by atoms with Gasteiger partial charge in [-0.2, -0.15) is 9.29 Å². The van der Waals surface area contributed by atoms with Crippen LogP contribution in [0.5, 0.6) is 11.8 Å². The second kappa shape index (κ2) is 12.1. The highest BCUT2D eigenvalue weighted by Crippen LogP contribution is 2.50. The maximum atomic E-state index is 13.6. The van der Waals surface area contributed by atoms with E-state index in [1.54, 1.807) is 62.4 Å². The lowest BCUT2D eigenvalue weighted by Gasteiger charge is -2.41. The lowest BCUT2D eigenvalue weighted by Crippen LogP contribution is -2.46. The van der Waals surface area contributed by atoms with Gasteiger partial charge in [-0.3, -0.25) is 4.79 Å². The summed E-state index contributed by atoms with van der Waals surface area (Å²) in [6.45, 7) is 5.52. The van der Waals surface area contributed by atoms with Gasteiger partial charge in [0.05, 0.1) is 17.4 Å². The molecule has 1 spiro atoms. The number of aryl methyl sites for hydroxylation is 2. The fourth-order valence-corrected chi connectivity index (χ4v) is 7.99. The topological polar surface area (TPSA) is 105 Å². The van der Waals surface area contributed by atoms with E-state index in [0.717, 1.165) is 5.56 Å². The van der Waals surface area contributed by atoms with Gasteiger partial charge < -0.3 is 19.3 Å². The maximum absolute atomic E-state index is 13.6. The molecule has 12 heteroatoms. The number of anilines is 1. The summed E-state index contributed by atoms with van der Waals surface area (Å²) in [6.07, 6.45) is 2.90. The van der Waals surface area contributed by atoms with Crippen molar-refractivity contribution in [3.63, 3.8) is 0 Å². The van der Waals surface area contributed by atoms with Crippen LogP contribution in [0.3, 0.4) is 0 Å². The number of hydrogen-bond donors (Lipinski definition) is 0. The van der Waals surface area contributed by atoms with Crippen molar-refractivity contribution in [2.45, 2.75) is 37.5 Å². The number of aromatic nitrogens is 2. The van der Waals surface area contributed by atoms with Gasteiger partial charge in [0.15, 0.2) is 0 Å². The number of rotatable bonds is 9. The Balaban J connectivity index is 1.22.